The number of fused-ring (bicyclic) bond motifs is 1. The number of aromatic nitrogens is 2. The molecule has 2 heterocycles. The van der Waals surface area contributed by atoms with Crippen LogP contribution in [0.2, 0.25) is 5.15 Å². The molecule has 0 saturated heterocycles. The standard InChI is InChI=1S/C9H10ClN3/c1-11-5-7-3-2-4-13-8(10)6-12-9(7)13/h2-4,6,11H,5H2,1H3. The van der Waals surface area contributed by atoms with Crippen molar-refractivity contribution in [2.45, 2.75) is 6.54 Å². The molecule has 2 aromatic heterocycles. The van der Waals surface area contributed by atoms with Crippen LogP contribution >= 0.6 is 11.6 Å². The van der Waals surface area contributed by atoms with Crippen LogP contribution in [0, 0.1) is 0 Å². The van der Waals surface area contributed by atoms with Gasteiger partial charge in [0.2, 0.25) is 0 Å². The van der Waals surface area contributed by atoms with Gasteiger partial charge in [-0.2, -0.15) is 0 Å². The second-order valence-electron chi connectivity index (χ2n) is 2.84. The van der Waals surface area contributed by atoms with Crippen molar-refractivity contribution in [3.05, 3.63) is 35.2 Å². The Morgan fingerprint density at radius 1 is 1.62 bits per heavy atom. The van der Waals surface area contributed by atoms with Crippen molar-refractivity contribution in [3.63, 3.8) is 0 Å². The number of imidazole rings is 1. The Hall–Kier alpha value is -1.06. The first-order valence-electron chi connectivity index (χ1n) is 4.08. The van der Waals surface area contributed by atoms with E-state index in [0.717, 1.165) is 17.8 Å². The van der Waals surface area contributed by atoms with E-state index in [1.807, 2.05) is 29.8 Å². The monoisotopic (exact) mass is 195 g/mol. The smallest absolute Gasteiger partial charge is 0.142 e. The van der Waals surface area contributed by atoms with Gasteiger partial charge >= 0.3 is 0 Å². The van der Waals surface area contributed by atoms with Gasteiger partial charge < -0.3 is 5.32 Å². The lowest BCUT2D eigenvalue weighted by Crippen LogP contribution is -2.06. The highest BCUT2D eigenvalue weighted by Gasteiger charge is 2.03. The van der Waals surface area contributed by atoms with E-state index in [2.05, 4.69) is 10.3 Å². The summed E-state index contributed by atoms with van der Waals surface area (Å²) in [5.74, 6) is 0. The molecule has 4 heteroatoms. The Kier molecular flexibility index (Phi) is 2.20. The Morgan fingerprint density at radius 2 is 2.46 bits per heavy atom. The third-order valence-corrected chi connectivity index (χ3v) is 2.22. The molecule has 0 aliphatic carbocycles. The van der Waals surface area contributed by atoms with Gasteiger partial charge in [0.1, 0.15) is 10.8 Å². The number of nitrogens with zero attached hydrogens (tertiary/aromatic N) is 2. The molecule has 0 radical (unpaired) electrons. The predicted molar refractivity (Wildman–Crippen MR) is 53.0 cm³/mol. The molecule has 0 spiro atoms. The number of pyridine rings is 1. The van der Waals surface area contributed by atoms with Crippen molar-refractivity contribution in [1.29, 1.82) is 0 Å². The lowest BCUT2D eigenvalue weighted by atomic mass is 10.2. The van der Waals surface area contributed by atoms with Crippen LogP contribution in [0.1, 0.15) is 5.56 Å². The first-order chi connectivity index (χ1) is 6.33. The lowest BCUT2D eigenvalue weighted by molar-refractivity contribution is 0.816. The van der Waals surface area contributed by atoms with E-state index in [1.54, 1.807) is 6.20 Å². The van der Waals surface area contributed by atoms with E-state index in [4.69, 9.17) is 11.6 Å². The van der Waals surface area contributed by atoms with Crippen LogP contribution in [0.15, 0.2) is 24.5 Å². The maximum Gasteiger partial charge on any atom is 0.142 e. The quantitative estimate of drug-likeness (QED) is 0.791. The minimum atomic E-state index is 0.646. The van der Waals surface area contributed by atoms with Crippen LogP contribution in [0.3, 0.4) is 0 Å². The first kappa shape index (κ1) is 8.53. The zero-order valence-electron chi connectivity index (χ0n) is 7.29. The van der Waals surface area contributed by atoms with Gasteiger partial charge in [-0.05, 0) is 13.1 Å². The van der Waals surface area contributed by atoms with Gasteiger partial charge in [-0.15, -0.1) is 0 Å². The first-order valence-corrected chi connectivity index (χ1v) is 4.46. The van der Waals surface area contributed by atoms with Crippen LogP contribution in [0.4, 0.5) is 0 Å². The van der Waals surface area contributed by atoms with Gasteiger partial charge in [0, 0.05) is 18.3 Å². The minimum absolute atomic E-state index is 0.646. The summed E-state index contributed by atoms with van der Waals surface area (Å²) in [6.07, 6.45) is 3.57. The van der Waals surface area contributed by atoms with E-state index in [0.29, 0.717) is 5.15 Å². The molecule has 0 unspecified atom stereocenters. The molecule has 2 rings (SSSR count). The molecule has 0 amide bonds. The van der Waals surface area contributed by atoms with Crippen LogP contribution in [0.25, 0.3) is 5.65 Å². The molecule has 3 nitrogen and oxygen atoms in total. The van der Waals surface area contributed by atoms with Crippen LogP contribution in [-0.4, -0.2) is 16.4 Å². The summed E-state index contributed by atoms with van der Waals surface area (Å²) >= 11 is 5.92. The average molecular weight is 196 g/mol. The maximum atomic E-state index is 5.92. The predicted octanol–water partition coefficient (Wildman–Crippen LogP) is 1.71. The summed E-state index contributed by atoms with van der Waals surface area (Å²) in [5.41, 5.74) is 2.07. The Morgan fingerprint density at radius 3 is 3.23 bits per heavy atom. The molecule has 0 aromatic carbocycles. The summed E-state index contributed by atoms with van der Waals surface area (Å²) < 4.78 is 1.87. The fourth-order valence-corrected chi connectivity index (χ4v) is 1.55. The van der Waals surface area contributed by atoms with E-state index < -0.39 is 0 Å². The number of hydrogen-bond donors (Lipinski definition) is 1. The zero-order chi connectivity index (χ0) is 9.26. The third-order valence-electron chi connectivity index (χ3n) is 1.94. The third kappa shape index (κ3) is 1.41. The molecule has 1 N–H and O–H groups in total. The van der Waals surface area contributed by atoms with Gasteiger partial charge in [0.15, 0.2) is 0 Å². The second kappa shape index (κ2) is 3.36. The summed E-state index contributed by atoms with van der Waals surface area (Å²) in [4.78, 5) is 4.23. The van der Waals surface area contributed by atoms with Crippen molar-refractivity contribution in [3.8, 4) is 0 Å². The molecule has 0 bridgehead atoms. The van der Waals surface area contributed by atoms with Crippen molar-refractivity contribution in [1.82, 2.24) is 14.7 Å². The molecule has 0 saturated carbocycles. The molecular weight excluding hydrogens is 186 g/mol. The van der Waals surface area contributed by atoms with Crippen molar-refractivity contribution in [2.75, 3.05) is 7.05 Å². The maximum absolute atomic E-state index is 5.92. The highest BCUT2D eigenvalue weighted by atomic mass is 35.5. The van der Waals surface area contributed by atoms with Crippen molar-refractivity contribution in [2.24, 2.45) is 0 Å². The number of rotatable bonds is 2. The molecule has 0 aliphatic rings. The van der Waals surface area contributed by atoms with E-state index in [9.17, 15) is 0 Å². The van der Waals surface area contributed by atoms with Gasteiger partial charge in [0.25, 0.3) is 0 Å². The Bertz CT molecular complexity index is 422. The molecule has 68 valence electrons. The van der Waals surface area contributed by atoms with Gasteiger partial charge in [-0.3, -0.25) is 4.40 Å². The Balaban J connectivity index is 2.63. The lowest BCUT2D eigenvalue weighted by Gasteiger charge is -2.02. The molecule has 0 fully saturated rings. The van der Waals surface area contributed by atoms with E-state index in [-0.39, 0.29) is 0 Å². The number of halogens is 1. The average Bonchev–Trinajstić information content (AvgIpc) is 2.50. The SMILES string of the molecule is CNCc1cccn2c(Cl)cnc12. The fourth-order valence-electron chi connectivity index (χ4n) is 1.37. The fraction of sp³-hybridized carbons (Fsp3) is 0.222. The van der Waals surface area contributed by atoms with E-state index >= 15 is 0 Å². The molecule has 13 heavy (non-hydrogen) atoms. The highest BCUT2D eigenvalue weighted by molar-refractivity contribution is 6.29. The topological polar surface area (TPSA) is 29.3 Å². The summed E-state index contributed by atoms with van der Waals surface area (Å²) in [6, 6.07) is 4.00. The van der Waals surface area contributed by atoms with Gasteiger partial charge in [0.05, 0.1) is 6.20 Å². The second-order valence-corrected chi connectivity index (χ2v) is 3.23. The van der Waals surface area contributed by atoms with Crippen molar-refractivity contribution < 1.29 is 0 Å². The van der Waals surface area contributed by atoms with Gasteiger partial charge in [-0.1, -0.05) is 17.7 Å². The van der Waals surface area contributed by atoms with Crippen molar-refractivity contribution >= 4 is 17.2 Å². The summed E-state index contributed by atoms with van der Waals surface area (Å²) in [7, 11) is 1.91. The largest absolute Gasteiger partial charge is 0.316 e. The van der Waals surface area contributed by atoms with E-state index in [1.165, 1.54) is 0 Å². The number of nitrogens with one attached hydrogen (secondary N) is 1. The van der Waals surface area contributed by atoms with Crippen LogP contribution < -0.4 is 5.32 Å². The summed E-state index contributed by atoms with van der Waals surface area (Å²) in [5, 5.41) is 3.74. The van der Waals surface area contributed by atoms with Crippen LogP contribution in [0.5, 0.6) is 0 Å². The molecule has 2 aromatic rings. The number of hydrogen-bond acceptors (Lipinski definition) is 2. The Labute approximate surface area is 81.4 Å². The zero-order valence-corrected chi connectivity index (χ0v) is 8.04. The normalized spacial score (nSPS) is 10.9. The van der Waals surface area contributed by atoms with Crippen LogP contribution in [-0.2, 0) is 6.54 Å². The summed E-state index contributed by atoms with van der Waals surface area (Å²) in [6.45, 7) is 0.803. The minimum Gasteiger partial charge on any atom is -0.316 e. The molecule has 0 aliphatic heterocycles. The highest BCUT2D eigenvalue weighted by Crippen LogP contribution is 2.15. The van der Waals surface area contributed by atoms with Gasteiger partial charge in [-0.25, -0.2) is 4.98 Å². The molecular formula is C9H10ClN3. The molecule has 0 atom stereocenters.